The summed E-state index contributed by atoms with van der Waals surface area (Å²) in [5.74, 6) is 2.01. The molecule has 4 bridgehead atoms. The molecular formula is C12H21NO3S. The minimum atomic E-state index is -3.94. The van der Waals surface area contributed by atoms with Gasteiger partial charge in [-0.05, 0) is 61.7 Å². The third kappa shape index (κ3) is 2.13. The van der Waals surface area contributed by atoms with E-state index in [1.807, 2.05) is 0 Å². The maximum absolute atomic E-state index is 11.0. The molecule has 0 heterocycles. The van der Waals surface area contributed by atoms with Gasteiger partial charge in [-0.2, -0.15) is 8.42 Å². The van der Waals surface area contributed by atoms with Crippen molar-refractivity contribution in [2.24, 2.45) is 28.9 Å². The van der Waals surface area contributed by atoms with E-state index in [-0.39, 0.29) is 17.2 Å². The van der Waals surface area contributed by atoms with Gasteiger partial charge in [-0.15, -0.1) is 0 Å². The fourth-order valence-corrected chi connectivity index (χ4v) is 5.84. The van der Waals surface area contributed by atoms with E-state index in [0.29, 0.717) is 0 Å². The molecule has 0 amide bonds. The molecule has 1 atom stereocenters. The largest absolute Gasteiger partial charge is 0.326 e. The average Bonchev–Trinajstić information content (AvgIpc) is 2.12. The van der Waals surface area contributed by atoms with Crippen molar-refractivity contribution in [3.8, 4) is 0 Å². The summed E-state index contributed by atoms with van der Waals surface area (Å²) >= 11 is 0. The molecule has 4 rings (SSSR count). The van der Waals surface area contributed by atoms with Crippen molar-refractivity contribution in [3.05, 3.63) is 0 Å². The van der Waals surface area contributed by atoms with Gasteiger partial charge in [-0.3, -0.25) is 4.55 Å². The summed E-state index contributed by atoms with van der Waals surface area (Å²) in [6.07, 6.45) is 7.19. The Balaban J connectivity index is 1.82. The van der Waals surface area contributed by atoms with Gasteiger partial charge in [0, 0.05) is 6.04 Å². The molecule has 0 saturated heterocycles. The van der Waals surface area contributed by atoms with Crippen molar-refractivity contribution in [3.63, 3.8) is 0 Å². The molecule has 0 aliphatic heterocycles. The van der Waals surface area contributed by atoms with Gasteiger partial charge in [-0.1, -0.05) is 0 Å². The van der Waals surface area contributed by atoms with Gasteiger partial charge in [0.15, 0.2) is 0 Å². The first kappa shape index (κ1) is 11.9. The molecule has 3 N–H and O–H groups in total. The molecule has 0 aromatic carbocycles. The molecule has 98 valence electrons. The maximum Gasteiger partial charge on any atom is 0.266 e. The summed E-state index contributed by atoms with van der Waals surface area (Å²) in [4.78, 5) is 0. The Labute approximate surface area is 103 Å². The van der Waals surface area contributed by atoms with E-state index in [1.165, 1.54) is 19.3 Å². The van der Waals surface area contributed by atoms with Gasteiger partial charge in [-0.25, -0.2) is 0 Å². The van der Waals surface area contributed by atoms with Crippen LogP contribution < -0.4 is 5.73 Å². The second-order valence-corrected chi connectivity index (χ2v) is 8.13. The van der Waals surface area contributed by atoms with Gasteiger partial charge in [0.25, 0.3) is 10.1 Å². The molecule has 5 heteroatoms. The van der Waals surface area contributed by atoms with Crippen LogP contribution >= 0.6 is 0 Å². The van der Waals surface area contributed by atoms with E-state index in [0.717, 1.165) is 37.0 Å². The summed E-state index contributed by atoms with van der Waals surface area (Å²) in [5, 5.41) is 0. The van der Waals surface area contributed by atoms with Crippen molar-refractivity contribution < 1.29 is 13.0 Å². The Morgan fingerprint density at radius 1 is 1.12 bits per heavy atom. The quantitative estimate of drug-likeness (QED) is 0.751. The molecule has 1 unspecified atom stereocenters. The van der Waals surface area contributed by atoms with Gasteiger partial charge in [0.1, 0.15) is 0 Å². The molecule has 0 aromatic heterocycles. The lowest BCUT2D eigenvalue weighted by atomic mass is 9.48. The standard InChI is InChI=1S/C12H21NO3S/c13-11(7-17(14,15)16)12-4-8-1-9(5-12)3-10(2-8)6-12/h8-11H,1-7,13H2,(H,14,15,16). The van der Waals surface area contributed by atoms with E-state index >= 15 is 0 Å². The van der Waals surface area contributed by atoms with Crippen LogP contribution in [-0.2, 0) is 10.1 Å². The molecular weight excluding hydrogens is 238 g/mol. The zero-order valence-corrected chi connectivity index (χ0v) is 10.8. The summed E-state index contributed by atoms with van der Waals surface area (Å²) in [6, 6.07) is -0.383. The minimum absolute atomic E-state index is 0.00451. The van der Waals surface area contributed by atoms with E-state index in [2.05, 4.69) is 0 Å². The zero-order valence-electron chi connectivity index (χ0n) is 10.0. The second-order valence-electron chi connectivity index (χ2n) is 6.64. The average molecular weight is 259 g/mol. The Hall–Kier alpha value is -0.130. The van der Waals surface area contributed by atoms with Crippen molar-refractivity contribution >= 4 is 10.1 Å². The van der Waals surface area contributed by atoms with Crippen LogP contribution in [0.4, 0.5) is 0 Å². The molecule has 4 aliphatic carbocycles. The van der Waals surface area contributed by atoms with Crippen molar-refractivity contribution in [1.29, 1.82) is 0 Å². The lowest BCUT2D eigenvalue weighted by molar-refractivity contribution is -0.0633. The van der Waals surface area contributed by atoms with Crippen molar-refractivity contribution in [2.75, 3.05) is 5.75 Å². The highest BCUT2D eigenvalue weighted by Gasteiger charge is 2.53. The highest BCUT2D eigenvalue weighted by molar-refractivity contribution is 7.85. The summed E-state index contributed by atoms with van der Waals surface area (Å²) in [5.41, 5.74) is 6.12. The van der Waals surface area contributed by atoms with Crippen LogP contribution in [-0.4, -0.2) is 24.8 Å². The van der Waals surface area contributed by atoms with Crippen LogP contribution in [0, 0.1) is 23.2 Å². The number of rotatable bonds is 3. The topological polar surface area (TPSA) is 80.4 Å². The molecule has 17 heavy (non-hydrogen) atoms. The molecule has 4 aliphatic rings. The van der Waals surface area contributed by atoms with Crippen LogP contribution in [0.2, 0.25) is 0 Å². The summed E-state index contributed by atoms with van der Waals surface area (Å²) in [7, 11) is -3.94. The molecule has 0 radical (unpaired) electrons. The fourth-order valence-electron chi connectivity index (χ4n) is 5.04. The third-order valence-electron chi connectivity index (χ3n) is 5.26. The highest BCUT2D eigenvalue weighted by Crippen LogP contribution is 2.61. The van der Waals surface area contributed by atoms with Crippen LogP contribution in [0.3, 0.4) is 0 Å². The van der Waals surface area contributed by atoms with Crippen LogP contribution in [0.15, 0.2) is 0 Å². The monoisotopic (exact) mass is 259 g/mol. The number of hydrogen-bond donors (Lipinski definition) is 2. The van der Waals surface area contributed by atoms with E-state index in [1.54, 1.807) is 0 Å². The fraction of sp³-hybridized carbons (Fsp3) is 1.00. The first-order valence-electron chi connectivity index (χ1n) is 6.57. The van der Waals surface area contributed by atoms with E-state index in [9.17, 15) is 8.42 Å². The van der Waals surface area contributed by atoms with Crippen molar-refractivity contribution in [2.45, 2.75) is 44.6 Å². The minimum Gasteiger partial charge on any atom is -0.326 e. The van der Waals surface area contributed by atoms with Crippen LogP contribution in [0.25, 0.3) is 0 Å². The molecule has 0 aromatic rings. The van der Waals surface area contributed by atoms with Gasteiger partial charge >= 0.3 is 0 Å². The molecule has 4 fully saturated rings. The predicted molar refractivity (Wildman–Crippen MR) is 65.0 cm³/mol. The summed E-state index contributed by atoms with van der Waals surface area (Å²) < 4.78 is 31.0. The Morgan fingerprint density at radius 2 is 1.53 bits per heavy atom. The first-order chi connectivity index (χ1) is 7.86. The normalized spacial score (nSPS) is 46.1. The molecule has 4 saturated carbocycles. The third-order valence-corrected chi connectivity index (χ3v) is 6.04. The first-order valence-corrected chi connectivity index (χ1v) is 8.18. The Morgan fingerprint density at radius 3 is 1.88 bits per heavy atom. The van der Waals surface area contributed by atoms with Crippen LogP contribution in [0.5, 0.6) is 0 Å². The predicted octanol–water partition coefficient (Wildman–Crippen LogP) is 1.42. The lowest BCUT2D eigenvalue weighted by Crippen LogP contribution is -2.56. The Bertz CT molecular complexity index is 382. The molecule has 0 spiro atoms. The zero-order chi connectivity index (χ0) is 12.3. The second kappa shape index (κ2) is 3.68. The van der Waals surface area contributed by atoms with Crippen LogP contribution in [0.1, 0.15) is 38.5 Å². The highest BCUT2D eigenvalue weighted by atomic mass is 32.2. The number of hydrogen-bond acceptors (Lipinski definition) is 3. The smallest absolute Gasteiger partial charge is 0.266 e. The van der Waals surface area contributed by atoms with Crippen molar-refractivity contribution in [1.82, 2.24) is 0 Å². The lowest BCUT2D eigenvalue weighted by Gasteiger charge is -2.58. The Kier molecular flexibility index (Phi) is 2.58. The maximum atomic E-state index is 11.0. The van der Waals surface area contributed by atoms with Gasteiger partial charge in [0.2, 0.25) is 0 Å². The number of nitrogens with two attached hydrogens (primary N) is 1. The van der Waals surface area contributed by atoms with Gasteiger partial charge in [0.05, 0.1) is 5.75 Å². The van der Waals surface area contributed by atoms with Gasteiger partial charge < -0.3 is 5.73 Å². The van der Waals surface area contributed by atoms with E-state index in [4.69, 9.17) is 10.3 Å². The SMILES string of the molecule is NC(CS(=O)(=O)O)C12CC3CC(CC(C3)C1)C2. The van der Waals surface area contributed by atoms with E-state index < -0.39 is 10.1 Å². The molecule has 4 nitrogen and oxygen atoms in total. The summed E-state index contributed by atoms with van der Waals surface area (Å²) in [6.45, 7) is 0.